The third-order valence-electron chi connectivity index (χ3n) is 8.97. The largest absolute Gasteiger partial charge is 0.509 e. The number of nitrogens with one attached hydrogen (secondary N) is 1. The van der Waals surface area contributed by atoms with Crippen molar-refractivity contribution >= 4 is 28.7 Å². The molecule has 0 bridgehead atoms. The smallest absolute Gasteiger partial charge is 0.497 e. The first-order valence-electron chi connectivity index (χ1n) is 16.1. The Morgan fingerprint density at radius 1 is 0.784 bits per heavy atom. The van der Waals surface area contributed by atoms with E-state index in [2.05, 4.69) is 5.32 Å². The maximum absolute atomic E-state index is 13.5. The van der Waals surface area contributed by atoms with Gasteiger partial charge in [0.15, 0.2) is 6.10 Å². The van der Waals surface area contributed by atoms with E-state index < -0.39 is 47.9 Å². The molecule has 7 rings (SSSR count). The molecule has 2 aliphatic heterocycles. The molecule has 2 aliphatic rings. The lowest BCUT2D eigenvalue weighted by Crippen LogP contribution is -2.62. The van der Waals surface area contributed by atoms with Crippen LogP contribution in [-0.4, -0.2) is 63.6 Å². The maximum Gasteiger partial charge on any atom is 0.509 e. The first-order valence-corrected chi connectivity index (χ1v) is 16.1. The first-order chi connectivity index (χ1) is 24.6. The molecule has 2 saturated heterocycles. The number of amides is 1. The Morgan fingerprint density at radius 2 is 1.53 bits per heavy atom. The molecule has 4 atom stereocenters. The summed E-state index contributed by atoms with van der Waals surface area (Å²) in [6.45, 7) is 3.61. The molecule has 12 nitrogen and oxygen atoms in total. The molecule has 2 fully saturated rings. The summed E-state index contributed by atoms with van der Waals surface area (Å²) in [5.41, 5.74) is 1.35. The van der Waals surface area contributed by atoms with E-state index in [0.29, 0.717) is 44.9 Å². The highest BCUT2D eigenvalue weighted by atomic mass is 16.8. The Kier molecular flexibility index (Phi) is 8.88. The molecule has 262 valence electrons. The van der Waals surface area contributed by atoms with Gasteiger partial charge in [0, 0.05) is 23.6 Å². The molecule has 4 aromatic carbocycles. The van der Waals surface area contributed by atoms with Gasteiger partial charge in [-0.3, -0.25) is 4.79 Å². The minimum atomic E-state index is -1.08. The van der Waals surface area contributed by atoms with Gasteiger partial charge >= 0.3 is 11.8 Å². The molecule has 0 unspecified atom stereocenters. The highest BCUT2D eigenvalue weighted by molar-refractivity contribution is 6.06. The number of hydrogen-bond donors (Lipinski definition) is 1. The normalized spacial score (nSPS) is 20.5. The first kappa shape index (κ1) is 33.6. The third kappa shape index (κ3) is 6.35. The van der Waals surface area contributed by atoms with Crippen molar-refractivity contribution in [1.82, 2.24) is 0 Å². The van der Waals surface area contributed by atoms with Crippen LogP contribution in [-0.2, 0) is 18.9 Å². The van der Waals surface area contributed by atoms with Crippen molar-refractivity contribution in [2.75, 3.05) is 26.6 Å². The number of ether oxygens (including phenoxy) is 7. The van der Waals surface area contributed by atoms with Crippen LogP contribution in [0.5, 0.6) is 17.2 Å². The van der Waals surface area contributed by atoms with Crippen molar-refractivity contribution in [2.45, 2.75) is 44.1 Å². The van der Waals surface area contributed by atoms with Crippen molar-refractivity contribution in [3.8, 4) is 39.5 Å². The van der Waals surface area contributed by atoms with E-state index >= 15 is 0 Å². The van der Waals surface area contributed by atoms with Gasteiger partial charge in [-0.1, -0.05) is 42.5 Å². The zero-order valence-electron chi connectivity index (χ0n) is 28.5. The van der Waals surface area contributed by atoms with Gasteiger partial charge in [-0.05, 0) is 73.5 Å². The lowest BCUT2D eigenvalue weighted by molar-refractivity contribution is -0.282. The van der Waals surface area contributed by atoms with Gasteiger partial charge in [0.1, 0.15) is 34.6 Å². The molecular formula is C39H35NO11. The number of hydrogen-bond acceptors (Lipinski definition) is 11. The minimum absolute atomic E-state index is 0.0558. The molecule has 3 heterocycles. The number of carbonyl (C=O) groups is 2. The van der Waals surface area contributed by atoms with Crippen LogP contribution in [0.2, 0.25) is 0 Å². The predicted octanol–water partition coefficient (Wildman–Crippen LogP) is 6.83. The molecule has 1 aromatic heterocycles. The fourth-order valence-corrected chi connectivity index (χ4v) is 6.58. The lowest BCUT2D eigenvalue weighted by Gasteiger charge is -2.45. The van der Waals surface area contributed by atoms with Crippen LogP contribution in [0.1, 0.15) is 24.2 Å². The fourth-order valence-electron chi connectivity index (χ4n) is 6.58. The number of carbonyl (C=O) groups excluding carboxylic acids is 2. The zero-order chi connectivity index (χ0) is 35.9. The molecule has 5 aromatic rings. The summed E-state index contributed by atoms with van der Waals surface area (Å²) in [4.78, 5) is 39.3. The van der Waals surface area contributed by atoms with Crippen molar-refractivity contribution in [1.29, 1.82) is 0 Å². The van der Waals surface area contributed by atoms with Crippen LogP contribution >= 0.6 is 0 Å². The molecule has 0 spiro atoms. The molecule has 12 heteroatoms. The van der Waals surface area contributed by atoms with Crippen molar-refractivity contribution in [2.24, 2.45) is 0 Å². The number of methoxy groups -OCH3 is 3. The summed E-state index contributed by atoms with van der Waals surface area (Å²) < 4.78 is 46.1. The van der Waals surface area contributed by atoms with Gasteiger partial charge in [-0.2, -0.15) is 0 Å². The Bertz CT molecular complexity index is 2180. The predicted molar refractivity (Wildman–Crippen MR) is 186 cm³/mol. The molecule has 0 radical (unpaired) electrons. The van der Waals surface area contributed by atoms with Gasteiger partial charge < -0.3 is 42.9 Å². The van der Waals surface area contributed by atoms with Crippen LogP contribution in [0.15, 0.2) is 100 Å². The van der Waals surface area contributed by atoms with Crippen molar-refractivity contribution in [3.05, 3.63) is 107 Å². The summed E-state index contributed by atoms with van der Waals surface area (Å²) in [5.74, 6) is 0.990. The molecule has 1 N–H and O–H groups in total. The summed E-state index contributed by atoms with van der Waals surface area (Å²) in [6, 6.07) is 26.5. The topological polar surface area (TPSA) is 141 Å². The second-order valence-electron chi connectivity index (χ2n) is 12.6. The molecular weight excluding hydrogens is 658 g/mol. The Hall–Kier alpha value is -5.85. The highest BCUT2D eigenvalue weighted by Crippen LogP contribution is 2.42. The van der Waals surface area contributed by atoms with Crippen molar-refractivity contribution < 1.29 is 47.2 Å². The monoisotopic (exact) mass is 693 g/mol. The van der Waals surface area contributed by atoms with E-state index in [0.717, 1.165) is 5.56 Å². The number of rotatable bonds is 9. The highest BCUT2D eigenvalue weighted by Gasteiger charge is 2.59. The summed E-state index contributed by atoms with van der Waals surface area (Å²) in [5, 5.41) is 3.22. The van der Waals surface area contributed by atoms with E-state index in [1.807, 2.05) is 54.6 Å². The minimum Gasteiger partial charge on any atom is -0.497 e. The Balaban J connectivity index is 1.24. The molecule has 0 aliphatic carbocycles. The summed E-state index contributed by atoms with van der Waals surface area (Å²) in [6.07, 6.45) is -4.26. The zero-order valence-corrected chi connectivity index (χ0v) is 28.5. The quantitative estimate of drug-likeness (QED) is 0.128. The maximum atomic E-state index is 13.5. The number of benzene rings is 4. The standard InChI is InChI=1S/C39H35NO11/c1-39(2)34(46-5)32-33(50-38(43)49-32)37(51-39)47-29-17-14-23-20-27(36(42)48-31(23)30(29)21-10-7-6-8-11-21)40-35(41)24-15-16-28(45-4)26(19-24)22-12-9-13-25(18-22)44-3/h6-20,32-34,37H,1-5H3,(H,40,41)/t32-,33+,34+,37+/m0/s1. The average Bonchev–Trinajstić information content (AvgIpc) is 3.52. The molecule has 1 amide bonds. The van der Waals surface area contributed by atoms with E-state index in [1.54, 1.807) is 64.5 Å². The van der Waals surface area contributed by atoms with Crippen LogP contribution in [0.3, 0.4) is 0 Å². The van der Waals surface area contributed by atoms with E-state index in [9.17, 15) is 14.4 Å². The third-order valence-corrected chi connectivity index (χ3v) is 8.97. The van der Waals surface area contributed by atoms with Crippen molar-refractivity contribution in [3.63, 3.8) is 0 Å². The second-order valence-corrected chi connectivity index (χ2v) is 12.6. The van der Waals surface area contributed by atoms with Gasteiger partial charge in [0.05, 0.1) is 25.4 Å². The lowest BCUT2D eigenvalue weighted by atomic mass is 9.89. The van der Waals surface area contributed by atoms with E-state index in [-0.39, 0.29) is 11.3 Å². The Labute approximate surface area is 292 Å². The van der Waals surface area contributed by atoms with Gasteiger partial charge in [-0.25, -0.2) is 9.59 Å². The van der Waals surface area contributed by atoms with Gasteiger partial charge in [0.2, 0.25) is 12.4 Å². The van der Waals surface area contributed by atoms with E-state index in [4.69, 9.17) is 37.6 Å². The number of fused-ring (bicyclic) bond motifs is 2. The fraction of sp³-hybridized carbons (Fsp3) is 0.256. The van der Waals surface area contributed by atoms with Gasteiger partial charge in [-0.15, -0.1) is 0 Å². The van der Waals surface area contributed by atoms with Crippen LogP contribution < -0.4 is 25.2 Å². The number of anilines is 1. The second kappa shape index (κ2) is 13.5. The Morgan fingerprint density at radius 3 is 2.27 bits per heavy atom. The van der Waals surface area contributed by atoms with Crippen LogP contribution in [0.4, 0.5) is 10.5 Å². The van der Waals surface area contributed by atoms with Crippen LogP contribution in [0.25, 0.3) is 33.2 Å². The SMILES string of the molecule is COc1cccc(-c2cc(C(=O)Nc3cc4ccc(O[C@@H]5OC(C)(C)[C@H](OC)[C@H]6OC(=O)O[C@@H]56)c(-c5ccccc5)c4oc3=O)ccc2OC)c1. The van der Waals surface area contributed by atoms with E-state index in [1.165, 1.54) is 7.11 Å². The molecule has 0 saturated carbocycles. The summed E-state index contributed by atoms with van der Waals surface area (Å²) >= 11 is 0. The van der Waals surface area contributed by atoms with Gasteiger partial charge in [0.25, 0.3) is 5.91 Å². The molecule has 51 heavy (non-hydrogen) atoms. The summed E-state index contributed by atoms with van der Waals surface area (Å²) in [7, 11) is 4.63. The van der Waals surface area contributed by atoms with Crippen LogP contribution in [0, 0.1) is 0 Å². The average molecular weight is 694 g/mol.